The molecule has 0 saturated heterocycles. The molecule has 2 aromatic carbocycles. The van der Waals surface area contributed by atoms with Crippen molar-refractivity contribution in [2.45, 2.75) is 25.7 Å². The predicted octanol–water partition coefficient (Wildman–Crippen LogP) is 6.53. The zero-order valence-electron chi connectivity index (χ0n) is 16.4. The van der Waals surface area contributed by atoms with Gasteiger partial charge in [-0.1, -0.05) is 36.4 Å². The van der Waals surface area contributed by atoms with Crippen LogP contribution in [-0.2, 0) is 12.8 Å². The highest BCUT2D eigenvalue weighted by molar-refractivity contribution is 7.17. The molecule has 1 aliphatic carbocycles. The minimum Gasteiger partial charge on any atom is -0.338 e. The lowest BCUT2D eigenvalue weighted by Gasteiger charge is -2.16. The van der Waals surface area contributed by atoms with Crippen molar-refractivity contribution in [3.8, 4) is 11.1 Å². The van der Waals surface area contributed by atoms with Crippen LogP contribution in [0.15, 0.2) is 66.4 Å². The Balaban J connectivity index is 1.49. The van der Waals surface area contributed by atoms with E-state index in [9.17, 15) is 0 Å². The second kappa shape index (κ2) is 7.18. The maximum Gasteiger partial charge on any atom is 0.143 e. The van der Waals surface area contributed by atoms with Crippen molar-refractivity contribution >= 4 is 44.0 Å². The summed E-state index contributed by atoms with van der Waals surface area (Å²) in [6.45, 7) is 0. The Morgan fingerprint density at radius 3 is 2.73 bits per heavy atom. The van der Waals surface area contributed by atoms with Crippen molar-refractivity contribution < 1.29 is 0 Å². The molecule has 3 aromatic heterocycles. The molecule has 6 rings (SSSR count). The van der Waals surface area contributed by atoms with Crippen molar-refractivity contribution in [3.05, 3.63) is 77.6 Å². The molecule has 3 heterocycles. The first kappa shape index (κ1) is 17.5. The summed E-state index contributed by atoms with van der Waals surface area (Å²) >= 11 is 1.67. The van der Waals surface area contributed by atoms with Crippen LogP contribution < -0.4 is 5.32 Å². The number of nitrogens with zero attached hydrogens (tertiary/aromatic N) is 3. The van der Waals surface area contributed by atoms with E-state index in [1.54, 1.807) is 17.7 Å². The van der Waals surface area contributed by atoms with E-state index in [-0.39, 0.29) is 0 Å². The van der Waals surface area contributed by atoms with Crippen LogP contribution in [0.1, 0.15) is 24.0 Å². The van der Waals surface area contributed by atoms with E-state index in [2.05, 4.69) is 56.0 Å². The SMILES string of the molecule is c1cnc2c(Nc3ncnc4scc(-c5ccc6c(c5)CCCC6)c34)cccc2c1. The standard InChI is InChI=1S/C25H20N4S/c1-2-6-18-13-19(11-10-16(18)5-1)20-14-30-25-22(20)24(27-15-28-25)29-21-9-3-7-17-8-4-12-26-23(17)21/h3-4,7-15H,1-2,5-6H2,(H,27,28,29). The summed E-state index contributed by atoms with van der Waals surface area (Å²) in [5.74, 6) is 0.826. The van der Waals surface area contributed by atoms with E-state index in [0.29, 0.717) is 0 Å². The van der Waals surface area contributed by atoms with Gasteiger partial charge < -0.3 is 5.32 Å². The van der Waals surface area contributed by atoms with Crippen LogP contribution >= 0.6 is 11.3 Å². The van der Waals surface area contributed by atoms with Crippen LogP contribution in [-0.4, -0.2) is 15.0 Å². The van der Waals surface area contributed by atoms with Gasteiger partial charge in [-0.15, -0.1) is 11.3 Å². The molecule has 5 aromatic rings. The molecule has 0 amide bonds. The lowest BCUT2D eigenvalue weighted by atomic mass is 9.89. The molecule has 0 spiro atoms. The highest BCUT2D eigenvalue weighted by Crippen LogP contribution is 2.39. The second-order valence-electron chi connectivity index (χ2n) is 7.75. The van der Waals surface area contributed by atoms with Crippen molar-refractivity contribution in [2.24, 2.45) is 0 Å². The molecule has 4 nitrogen and oxygen atoms in total. The van der Waals surface area contributed by atoms with Gasteiger partial charge in [0.25, 0.3) is 0 Å². The third-order valence-corrected chi connectivity index (χ3v) is 6.80. The lowest BCUT2D eigenvalue weighted by molar-refractivity contribution is 0.686. The Morgan fingerprint density at radius 2 is 1.77 bits per heavy atom. The normalized spacial score (nSPS) is 13.5. The topological polar surface area (TPSA) is 50.7 Å². The maximum atomic E-state index is 4.61. The Kier molecular flexibility index (Phi) is 4.20. The fraction of sp³-hybridized carbons (Fsp3) is 0.160. The van der Waals surface area contributed by atoms with Gasteiger partial charge in [0.2, 0.25) is 0 Å². The number of anilines is 2. The molecule has 0 aliphatic heterocycles. The number of hydrogen-bond acceptors (Lipinski definition) is 5. The van der Waals surface area contributed by atoms with E-state index >= 15 is 0 Å². The molecule has 5 heteroatoms. The van der Waals surface area contributed by atoms with E-state index in [4.69, 9.17) is 0 Å². The summed E-state index contributed by atoms with van der Waals surface area (Å²) in [5, 5.41) is 7.93. The largest absolute Gasteiger partial charge is 0.338 e. The number of aryl methyl sites for hydroxylation is 2. The third-order valence-electron chi connectivity index (χ3n) is 5.92. The molecule has 0 radical (unpaired) electrons. The van der Waals surface area contributed by atoms with Gasteiger partial charge in [0.15, 0.2) is 0 Å². The van der Waals surface area contributed by atoms with Crippen molar-refractivity contribution in [1.82, 2.24) is 15.0 Å². The minimum atomic E-state index is 0.826. The molecule has 30 heavy (non-hydrogen) atoms. The van der Waals surface area contributed by atoms with Gasteiger partial charge in [0.1, 0.15) is 17.0 Å². The minimum absolute atomic E-state index is 0.826. The van der Waals surface area contributed by atoms with Gasteiger partial charge in [-0.25, -0.2) is 9.97 Å². The van der Waals surface area contributed by atoms with Crippen LogP contribution in [0.5, 0.6) is 0 Å². The molecule has 0 unspecified atom stereocenters. The van der Waals surface area contributed by atoms with Crippen LogP contribution in [0.2, 0.25) is 0 Å². The van der Waals surface area contributed by atoms with Gasteiger partial charge >= 0.3 is 0 Å². The van der Waals surface area contributed by atoms with Gasteiger partial charge in [0, 0.05) is 22.5 Å². The van der Waals surface area contributed by atoms with E-state index in [0.717, 1.165) is 32.6 Å². The van der Waals surface area contributed by atoms with Gasteiger partial charge in [-0.3, -0.25) is 4.98 Å². The second-order valence-corrected chi connectivity index (χ2v) is 8.61. The van der Waals surface area contributed by atoms with Crippen LogP contribution in [0.3, 0.4) is 0 Å². The average molecular weight is 409 g/mol. The molecule has 0 saturated carbocycles. The van der Waals surface area contributed by atoms with Crippen molar-refractivity contribution in [1.29, 1.82) is 0 Å². The first-order valence-corrected chi connectivity index (χ1v) is 11.2. The average Bonchev–Trinajstić information content (AvgIpc) is 3.24. The van der Waals surface area contributed by atoms with Crippen molar-refractivity contribution in [2.75, 3.05) is 5.32 Å². The Morgan fingerprint density at radius 1 is 0.867 bits per heavy atom. The first-order chi connectivity index (χ1) is 14.9. The number of rotatable bonds is 3. The quantitative estimate of drug-likeness (QED) is 0.369. The van der Waals surface area contributed by atoms with E-state index in [1.165, 1.54) is 47.9 Å². The number of para-hydroxylation sites is 1. The number of pyridine rings is 1. The summed E-state index contributed by atoms with van der Waals surface area (Å²) in [5.41, 5.74) is 7.33. The highest BCUT2D eigenvalue weighted by Gasteiger charge is 2.16. The van der Waals surface area contributed by atoms with Crippen LogP contribution in [0.4, 0.5) is 11.5 Å². The van der Waals surface area contributed by atoms with Crippen molar-refractivity contribution in [3.63, 3.8) is 0 Å². The molecular weight excluding hydrogens is 388 g/mol. The number of nitrogens with one attached hydrogen (secondary N) is 1. The van der Waals surface area contributed by atoms with Crippen LogP contribution in [0.25, 0.3) is 32.2 Å². The molecule has 0 atom stereocenters. The van der Waals surface area contributed by atoms with Gasteiger partial charge in [-0.05, 0) is 54.5 Å². The van der Waals surface area contributed by atoms with E-state index in [1.807, 2.05) is 24.4 Å². The fourth-order valence-corrected chi connectivity index (χ4v) is 5.33. The maximum absolute atomic E-state index is 4.61. The summed E-state index contributed by atoms with van der Waals surface area (Å²) in [7, 11) is 0. The molecular formula is C25H20N4S. The number of thiophene rings is 1. The zero-order valence-corrected chi connectivity index (χ0v) is 17.2. The smallest absolute Gasteiger partial charge is 0.143 e. The van der Waals surface area contributed by atoms with Gasteiger partial charge in [0.05, 0.1) is 16.6 Å². The number of benzene rings is 2. The molecule has 0 bridgehead atoms. The zero-order chi connectivity index (χ0) is 19.9. The first-order valence-electron chi connectivity index (χ1n) is 10.3. The molecule has 1 N–H and O–H groups in total. The number of fused-ring (bicyclic) bond motifs is 3. The molecule has 0 fully saturated rings. The Labute approximate surface area is 178 Å². The predicted molar refractivity (Wildman–Crippen MR) is 125 cm³/mol. The summed E-state index contributed by atoms with van der Waals surface area (Å²) in [4.78, 5) is 14.7. The van der Waals surface area contributed by atoms with Crippen LogP contribution in [0, 0.1) is 0 Å². The van der Waals surface area contributed by atoms with Gasteiger partial charge in [-0.2, -0.15) is 0 Å². The molecule has 1 aliphatic rings. The third kappa shape index (κ3) is 2.94. The number of aromatic nitrogens is 3. The summed E-state index contributed by atoms with van der Waals surface area (Å²) in [6.07, 6.45) is 8.42. The number of hydrogen-bond donors (Lipinski definition) is 1. The summed E-state index contributed by atoms with van der Waals surface area (Å²) < 4.78 is 0. The van der Waals surface area contributed by atoms with E-state index < -0.39 is 0 Å². The highest BCUT2D eigenvalue weighted by atomic mass is 32.1. The summed E-state index contributed by atoms with van der Waals surface area (Å²) in [6, 6.07) is 17.1. The lowest BCUT2D eigenvalue weighted by Crippen LogP contribution is -2.02. The molecule has 146 valence electrons. The Hall–Kier alpha value is -3.31. The monoisotopic (exact) mass is 408 g/mol. The Bertz CT molecular complexity index is 1380. The fourth-order valence-electron chi connectivity index (χ4n) is 4.42.